The third-order valence-corrected chi connectivity index (χ3v) is 3.43. The van der Waals surface area contributed by atoms with Gasteiger partial charge in [0.25, 0.3) is 0 Å². The lowest BCUT2D eigenvalue weighted by atomic mass is 10.0. The Hall–Kier alpha value is -2.95. The number of ether oxygens (including phenoxy) is 2. The first-order valence-electron chi connectivity index (χ1n) is 6.53. The lowest BCUT2D eigenvalue weighted by molar-refractivity contribution is 0.174. The quantitative estimate of drug-likeness (QED) is 0.779. The monoisotopic (exact) mass is 280 g/mol. The summed E-state index contributed by atoms with van der Waals surface area (Å²) in [5, 5.41) is 4.09. The molecule has 0 fully saturated rings. The molecule has 2 N–H and O–H groups in total. The fourth-order valence-electron chi connectivity index (χ4n) is 2.43. The van der Waals surface area contributed by atoms with Gasteiger partial charge in [-0.25, -0.2) is 0 Å². The van der Waals surface area contributed by atoms with Crippen LogP contribution in [0.4, 0.5) is 5.88 Å². The molecule has 0 aliphatic carbocycles. The maximum absolute atomic E-state index is 5.94. The minimum Gasteiger partial charge on any atom is -0.454 e. The van der Waals surface area contributed by atoms with E-state index < -0.39 is 0 Å². The maximum atomic E-state index is 5.94. The van der Waals surface area contributed by atoms with Crippen molar-refractivity contribution in [1.29, 1.82) is 0 Å². The second-order valence-corrected chi connectivity index (χ2v) is 4.70. The van der Waals surface area contributed by atoms with Crippen LogP contribution in [-0.4, -0.2) is 11.9 Å². The van der Waals surface area contributed by atoms with Crippen LogP contribution in [0.15, 0.2) is 53.1 Å². The highest BCUT2D eigenvalue weighted by atomic mass is 16.7. The van der Waals surface area contributed by atoms with Crippen molar-refractivity contribution in [2.24, 2.45) is 0 Å². The number of nitrogens with zero attached hydrogens (tertiary/aromatic N) is 1. The van der Waals surface area contributed by atoms with Crippen LogP contribution in [0.5, 0.6) is 11.5 Å². The van der Waals surface area contributed by atoms with Crippen molar-refractivity contribution in [1.82, 2.24) is 5.16 Å². The van der Waals surface area contributed by atoms with Crippen LogP contribution in [-0.2, 0) is 0 Å². The molecule has 1 aliphatic rings. The van der Waals surface area contributed by atoms with Crippen molar-refractivity contribution >= 4 is 5.88 Å². The molecule has 5 nitrogen and oxygen atoms in total. The minimum atomic E-state index is 0.241. The number of fused-ring (bicyclic) bond motifs is 1. The molecule has 0 atom stereocenters. The number of rotatable bonds is 2. The van der Waals surface area contributed by atoms with Crippen LogP contribution in [0, 0.1) is 0 Å². The Morgan fingerprint density at radius 1 is 0.905 bits per heavy atom. The molecule has 0 saturated heterocycles. The second kappa shape index (κ2) is 4.56. The smallest absolute Gasteiger partial charge is 0.231 e. The third-order valence-electron chi connectivity index (χ3n) is 3.43. The molecule has 5 heteroatoms. The zero-order valence-electron chi connectivity index (χ0n) is 11.1. The van der Waals surface area contributed by atoms with Crippen LogP contribution in [0.25, 0.3) is 22.4 Å². The fourth-order valence-corrected chi connectivity index (χ4v) is 2.43. The van der Waals surface area contributed by atoms with Gasteiger partial charge in [-0.3, -0.25) is 0 Å². The van der Waals surface area contributed by atoms with Crippen LogP contribution in [0.1, 0.15) is 0 Å². The molecule has 21 heavy (non-hydrogen) atoms. The van der Waals surface area contributed by atoms with E-state index >= 15 is 0 Å². The van der Waals surface area contributed by atoms with E-state index in [0.29, 0.717) is 17.3 Å². The van der Waals surface area contributed by atoms with E-state index in [1.165, 1.54) is 0 Å². The molecule has 0 amide bonds. The Bertz CT molecular complexity index is 797. The van der Waals surface area contributed by atoms with E-state index in [1.54, 1.807) is 0 Å². The predicted octanol–water partition coefficient (Wildman–Crippen LogP) is 3.32. The molecule has 1 aliphatic heterocycles. The predicted molar refractivity (Wildman–Crippen MR) is 77.9 cm³/mol. The average molecular weight is 280 g/mol. The van der Waals surface area contributed by atoms with Crippen LogP contribution >= 0.6 is 0 Å². The fraction of sp³-hybridized carbons (Fsp3) is 0.0625. The zero-order valence-corrected chi connectivity index (χ0v) is 11.1. The number of hydrogen-bond donors (Lipinski definition) is 1. The molecule has 2 aromatic carbocycles. The molecular weight excluding hydrogens is 268 g/mol. The summed E-state index contributed by atoms with van der Waals surface area (Å²) >= 11 is 0. The molecule has 0 spiro atoms. The number of nitrogen functional groups attached to an aromatic ring is 1. The van der Waals surface area contributed by atoms with Crippen LogP contribution in [0.2, 0.25) is 0 Å². The van der Waals surface area contributed by atoms with Crippen molar-refractivity contribution in [3.05, 3.63) is 48.5 Å². The average Bonchev–Trinajstić information content (AvgIpc) is 3.13. The Morgan fingerprint density at radius 3 is 2.57 bits per heavy atom. The summed E-state index contributed by atoms with van der Waals surface area (Å²) in [5.41, 5.74) is 9.25. The molecule has 104 valence electrons. The van der Waals surface area contributed by atoms with Gasteiger partial charge in [-0.15, -0.1) is 0 Å². The third kappa shape index (κ3) is 1.90. The maximum Gasteiger partial charge on any atom is 0.231 e. The zero-order chi connectivity index (χ0) is 14.2. The minimum absolute atomic E-state index is 0.241. The Kier molecular flexibility index (Phi) is 2.57. The van der Waals surface area contributed by atoms with E-state index in [-0.39, 0.29) is 6.79 Å². The second-order valence-electron chi connectivity index (χ2n) is 4.70. The van der Waals surface area contributed by atoms with Gasteiger partial charge >= 0.3 is 0 Å². The normalized spacial score (nSPS) is 12.6. The van der Waals surface area contributed by atoms with E-state index in [2.05, 4.69) is 5.16 Å². The van der Waals surface area contributed by atoms with Gasteiger partial charge in [0, 0.05) is 5.56 Å². The summed E-state index contributed by atoms with van der Waals surface area (Å²) in [6.45, 7) is 0.241. The SMILES string of the molecule is Nc1onc(-c2ccc3c(c2)OCO3)c1-c1ccccc1. The van der Waals surface area contributed by atoms with Gasteiger partial charge < -0.3 is 19.7 Å². The van der Waals surface area contributed by atoms with Crippen LogP contribution < -0.4 is 15.2 Å². The highest BCUT2D eigenvalue weighted by Crippen LogP contribution is 2.40. The van der Waals surface area contributed by atoms with Crippen LogP contribution in [0.3, 0.4) is 0 Å². The molecule has 2 heterocycles. The summed E-state index contributed by atoms with van der Waals surface area (Å²) in [6.07, 6.45) is 0. The Balaban J connectivity index is 1.87. The number of aromatic nitrogens is 1. The highest BCUT2D eigenvalue weighted by Gasteiger charge is 2.20. The number of anilines is 1. The molecule has 0 bridgehead atoms. The molecule has 4 rings (SSSR count). The summed E-state index contributed by atoms with van der Waals surface area (Å²) in [7, 11) is 0. The summed E-state index contributed by atoms with van der Waals surface area (Å²) in [4.78, 5) is 0. The van der Waals surface area contributed by atoms with Crippen molar-refractivity contribution in [2.75, 3.05) is 12.5 Å². The molecule has 1 aromatic heterocycles. The molecular formula is C16H12N2O3. The largest absolute Gasteiger partial charge is 0.454 e. The topological polar surface area (TPSA) is 70.5 Å². The molecule has 0 saturated carbocycles. The van der Waals surface area contributed by atoms with E-state index in [1.807, 2.05) is 48.5 Å². The summed E-state index contributed by atoms with van der Waals surface area (Å²) < 4.78 is 15.9. The van der Waals surface area contributed by atoms with Crippen molar-refractivity contribution in [2.45, 2.75) is 0 Å². The van der Waals surface area contributed by atoms with E-state index in [9.17, 15) is 0 Å². The molecule has 0 unspecified atom stereocenters. The lowest BCUT2D eigenvalue weighted by Gasteiger charge is -2.04. The first-order valence-corrected chi connectivity index (χ1v) is 6.53. The molecule has 0 radical (unpaired) electrons. The van der Waals surface area contributed by atoms with Gasteiger partial charge in [0.1, 0.15) is 5.69 Å². The van der Waals surface area contributed by atoms with E-state index in [0.717, 1.165) is 22.4 Å². The van der Waals surface area contributed by atoms with Crippen molar-refractivity contribution < 1.29 is 14.0 Å². The van der Waals surface area contributed by atoms with Crippen molar-refractivity contribution in [3.63, 3.8) is 0 Å². The summed E-state index contributed by atoms with van der Waals surface area (Å²) in [5.74, 6) is 1.73. The highest BCUT2D eigenvalue weighted by molar-refractivity contribution is 5.87. The van der Waals surface area contributed by atoms with Gasteiger partial charge in [0.15, 0.2) is 11.5 Å². The first-order chi connectivity index (χ1) is 10.3. The molecule has 3 aromatic rings. The first kappa shape index (κ1) is 11.8. The van der Waals surface area contributed by atoms with Gasteiger partial charge in [0.05, 0.1) is 5.56 Å². The standard InChI is InChI=1S/C16H12N2O3/c17-16-14(10-4-2-1-3-5-10)15(18-21-16)11-6-7-12-13(8-11)20-9-19-12/h1-8H,9,17H2. The number of benzene rings is 2. The van der Waals surface area contributed by atoms with Gasteiger partial charge in [-0.05, 0) is 23.8 Å². The Morgan fingerprint density at radius 2 is 1.71 bits per heavy atom. The summed E-state index contributed by atoms with van der Waals surface area (Å²) in [6, 6.07) is 15.4. The van der Waals surface area contributed by atoms with Gasteiger partial charge in [-0.1, -0.05) is 35.5 Å². The van der Waals surface area contributed by atoms with Crippen molar-refractivity contribution in [3.8, 4) is 33.9 Å². The number of hydrogen-bond acceptors (Lipinski definition) is 5. The Labute approximate surface area is 120 Å². The van der Waals surface area contributed by atoms with Gasteiger partial charge in [-0.2, -0.15) is 0 Å². The number of nitrogens with two attached hydrogens (primary N) is 1. The lowest BCUT2D eigenvalue weighted by Crippen LogP contribution is -1.92. The van der Waals surface area contributed by atoms with E-state index in [4.69, 9.17) is 19.7 Å². The van der Waals surface area contributed by atoms with Gasteiger partial charge in [0.2, 0.25) is 12.7 Å².